The van der Waals surface area contributed by atoms with Crippen LogP contribution in [0, 0.1) is 4.64 Å². The van der Waals surface area contributed by atoms with Crippen LogP contribution in [0.15, 0.2) is 47.4 Å². The predicted molar refractivity (Wildman–Crippen MR) is 121 cm³/mol. The van der Waals surface area contributed by atoms with Crippen LogP contribution in [-0.2, 0) is 33.3 Å². The first-order valence-corrected chi connectivity index (χ1v) is 11.0. The van der Waals surface area contributed by atoms with Gasteiger partial charge in [-0.3, -0.25) is 23.5 Å². The van der Waals surface area contributed by atoms with Crippen molar-refractivity contribution in [1.29, 1.82) is 0 Å². The zero-order valence-corrected chi connectivity index (χ0v) is 20.0. The lowest BCUT2D eigenvalue weighted by Crippen LogP contribution is -2.43. The van der Waals surface area contributed by atoms with Crippen molar-refractivity contribution < 1.29 is 33.3 Å². The Kier molecular flexibility index (Phi) is 8.00. The molecule has 1 aromatic carbocycles. The molecule has 1 aromatic heterocycles. The van der Waals surface area contributed by atoms with Gasteiger partial charge in [0.15, 0.2) is 18.4 Å². The molecule has 182 valence electrons. The first-order valence-electron chi connectivity index (χ1n) is 10.6. The largest absolute Gasteiger partial charge is 0.463 e. The zero-order chi connectivity index (χ0) is 25.0. The highest BCUT2D eigenvalue weighted by Crippen LogP contribution is 2.34. The fourth-order valence-electron chi connectivity index (χ4n) is 3.85. The van der Waals surface area contributed by atoms with E-state index in [0.29, 0.717) is 4.64 Å². The lowest BCUT2D eigenvalue weighted by atomic mass is 10.1. The van der Waals surface area contributed by atoms with Crippen molar-refractivity contribution in [1.82, 2.24) is 9.13 Å². The summed E-state index contributed by atoms with van der Waals surface area (Å²) in [4.78, 5) is 48.5. The van der Waals surface area contributed by atoms with E-state index in [4.69, 9.17) is 31.2 Å². The molecule has 11 heteroatoms. The van der Waals surface area contributed by atoms with Crippen LogP contribution in [0.1, 0.15) is 45.5 Å². The number of rotatable bonds is 7. The molecule has 0 N–H and O–H groups in total. The highest BCUT2D eigenvalue weighted by molar-refractivity contribution is 7.71. The molecule has 0 bridgehead atoms. The summed E-state index contributed by atoms with van der Waals surface area (Å²) in [5.74, 6) is -1.89. The molecule has 3 rings (SSSR count). The van der Waals surface area contributed by atoms with Crippen LogP contribution >= 0.6 is 12.2 Å². The van der Waals surface area contributed by atoms with Gasteiger partial charge >= 0.3 is 23.6 Å². The summed E-state index contributed by atoms with van der Waals surface area (Å²) >= 11 is 5.42. The van der Waals surface area contributed by atoms with Gasteiger partial charge < -0.3 is 18.9 Å². The summed E-state index contributed by atoms with van der Waals surface area (Å²) in [6, 6.07) is 10.5. The van der Waals surface area contributed by atoms with E-state index in [1.54, 1.807) is 6.07 Å². The maximum absolute atomic E-state index is 13.6. The van der Waals surface area contributed by atoms with Crippen LogP contribution in [0.25, 0.3) is 0 Å². The number of ether oxygens (including phenoxy) is 4. The van der Waals surface area contributed by atoms with E-state index in [-0.39, 0.29) is 6.61 Å². The predicted octanol–water partition coefficient (Wildman–Crippen LogP) is 2.31. The highest BCUT2D eigenvalue weighted by atomic mass is 32.1. The average molecular weight is 491 g/mol. The molecule has 0 saturated carbocycles. The van der Waals surface area contributed by atoms with E-state index < -0.39 is 54.2 Å². The van der Waals surface area contributed by atoms with E-state index in [9.17, 15) is 19.2 Å². The van der Waals surface area contributed by atoms with Crippen LogP contribution in [0.3, 0.4) is 0 Å². The molecular weight excluding hydrogens is 464 g/mol. The number of nitrogens with zero attached hydrogens (tertiary/aromatic N) is 2. The summed E-state index contributed by atoms with van der Waals surface area (Å²) in [5.41, 5.74) is 0.351. The second-order valence-corrected chi connectivity index (χ2v) is 8.23. The van der Waals surface area contributed by atoms with Crippen molar-refractivity contribution in [2.45, 2.75) is 58.3 Å². The molecule has 0 spiro atoms. The fraction of sp³-hybridized carbons (Fsp3) is 0.435. The van der Waals surface area contributed by atoms with Crippen LogP contribution in [-0.4, -0.2) is 52.0 Å². The summed E-state index contributed by atoms with van der Waals surface area (Å²) in [6.45, 7) is 5.16. The molecule has 2 aromatic rings. The molecule has 0 aliphatic carbocycles. The Balaban J connectivity index is 2.07. The van der Waals surface area contributed by atoms with Crippen LogP contribution in [0.2, 0.25) is 0 Å². The third-order valence-corrected chi connectivity index (χ3v) is 5.66. The Morgan fingerprint density at radius 1 is 1.00 bits per heavy atom. The van der Waals surface area contributed by atoms with Gasteiger partial charge in [0.1, 0.15) is 17.4 Å². The van der Waals surface area contributed by atoms with Crippen LogP contribution < -0.4 is 5.69 Å². The van der Waals surface area contributed by atoms with E-state index in [0.717, 1.165) is 5.56 Å². The number of esters is 3. The van der Waals surface area contributed by atoms with E-state index >= 15 is 0 Å². The second kappa shape index (κ2) is 10.7. The summed E-state index contributed by atoms with van der Waals surface area (Å²) in [7, 11) is 0. The molecule has 2 heterocycles. The van der Waals surface area contributed by atoms with E-state index in [1.165, 1.54) is 36.1 Å². The lowest BCUT2D eigenvalue weighted by molar-refractivity contribution is -0.166. The molecule has 0 amide bonds. The molecule has 1 aliphatic heterocycles. The normalized spacial score (nSPS) is 22.6. The molecule has 5 atom stereocenters. The third kappa shape index (κ3) is 5.60. The molecule has 0 radical (unpaired) electrons. The van der Waals surface area contributed by atoms with Gasteiger partial charge in [-0.25, -0.2) is 4.79 Å². The van der Waals surface area contributed by atoms with Crippen LogP contribution in [0.4, 0.5) is 0 Å². The standard InChI is InChI=1S/C23H26N2O8S/c1-13(17-8-6-5-7-9-17)25-19(34)10-11-24(23(25)29)22-21(32-16(4)28)20(31-15(3)27)18(33-22)12-30-14(2)26/h5-11,13,18,20-22H,12H2,1-4H3/t13?,18-,20-,21-,22-/m1/s1. The summed E-state index contributed by atoms with van der Waals surface area (Å²) in [5, 5.41) is 0. The van der Waals surface area contributed by atoms with Gasteiger partial charge in [-0.05, 0) is 18.6 Å². The molecule has 34 heavy (non-hydrogen) atoms. The molecule has 1 fully saturated rings. The molecule has 1 aliphatic rings. The Hall–Kier alpha value is -3.31. The van der Waals surface area contributed by atoms with E-state index in [1.807, 2.05) is 37.3 Å². The van der Waals surface area contributed by atoms with Crippen LogP contribution in [0.5, 0.6) is 0 Å². The molecule has 1 unspecified atom stereocenters. The van der Waals surface area contributed by atoms with Gasteiger partial charge in [0.2, 0.25) is 0 Å². The Morgan fingerprint density at radius 2 is 1.62 bits per heavy atom. The average Bonchev–Trinajstić information content (AvgIpc) is 3.08. The number of benzene rings is 1. The first-order chi connectivity index (χ1) is 16.1. The van der Waals surface area contributed by atoms with Gasteiger partial charge in [0.05, 0.1) is 6.04 Å². The first kappa shape index (κ1) is 25.3. The van der Waals surface area contributed by atoms with E-state index in [2.05, 4.69) is 0 Å². The number of hydrogen-bond donors (Lipinski definition) is 0. The smallest absolute Gasteiger partial charge is 0.331 e. The van der Waals surface area contributed by atoms with Crippen molar-refractivity contribution >= 4 is 30.1 Å². The van der Waals surface area contributed by atoms with Gasteiger partial charge in [0.25, 0.3) is 0 Å². The summed E-state index contributed by atoms with van der Waals surface area (Å²) < 4.78 is 24.7. The summed E-state index contributed by atoms with van der Waals surface area (Å²) in [6.07, 6.45) is -2.99. The fourth-order valence-corrected chi connectivity index (χ4v) is 4.15. The molecule has 1 saturated heterocycles. The number of carbonyl (C=O) groups excluding carboxylic acids is 3. The minimum Gasteiger partial charge on any atom is -0.463 e. The number of aromatic nitrogens is 2. The lowest BCUT2D eigenvalue weighted by Gasteiger charge is -2.25. The maximum Gasteiger partial charge on any atom is 0.331 e. The molecule has 10 nitrogen and oxygen atoms in total. The Bertz CT molecular complexity index is 1180. The monoisotopic (exact) mass is 490 g/mol. The number of hydrogen-bond acceptors (Lipinski definition) is 9. The van der Waals surface area contributed by atoms with Gasteiger partial charge in [-0.2, -0.15) is 0 Å². The molecular formula is C23H26N2O8S. The van der Waals surface area contributed by atoms with Crippen molar-refractivity contribution in [3.63, 3.8) is 0 Å². The zero-order valence-electron chi connectivity index (χ0n) is 19.2. The maximum atomic E-state index is 13.6. The van der Waals surface area contributed by atoms with Gasteiger partial charge in [-0.1, -0.05) is 42.5 Å². The Labute approximate surface area is 201 Å². The minimum atomic E-state index is -1.17. The van der Waals surface area contributed by atoms with Crippen molar-refractivity contribution in [2.75, 3.05) is 6.61 Å². The van der Waals surface area contributed by atoms with Crippen molar-refractivity contribution in [2.24, 2.45) is 0 Å². The SMILES string of the molecule is CC(=O)OC[C@H]1O[C@@H](n2ccc(=S)n(C(C)c3ccccc3)c2=O)[C@H](OC(C)=O)[C@@H]1OC(C)=O. The Morgan fingerprint density at radius 3 is 2.21 bits per heavy atom. The van der Waals surface area contributed by atoms with Gasteiger partial charge in [0, 0.05) is 27.0 Å². The highest BCUT2D eigenvalue weighted by Gasteiger charge is 2.51. The van der Waals surface area contributed by atoms with Crippen molar-refractivity contribution in [3.8, 4) is 0 Å². The second-order valence-electron chi connectivity index (χ2n) is 7.82. The minimum absolute atomic E-state index is 0.268. The third-order valence-electron chi connectivity index (χ3n) is 5.33. The van der Waals surface area contributed by atoms with Gasteiger partial charge in [-0.15, -0.1) is 0 Å². The quantitative estimate of drug-likeness (QED) is 0.328. The van der Waals surface area contributed by atoms with Crippen molar-refractivity contribution in [3.05, 3.63) is 63.3 Å². The number of carbonyl (C=O) groups is 3. The topological polar surface area (TPSA) is 115 Å².